The summed E-state index contributed by atoms with van der Waals surface area (Å²) >= 11 is 9.88. The van der Waals surface area contributed by atoms with E-state index in [2.05, 4.69) is 74.4 Å². The maximum absolute atomic E-state index is 12.6. The molecule has 3 aliphatic rings. The topological polar surface area (TPSA) is 193 Å². The predicted molar refractivity (Wildman–Crippen MR) is 253 cm³/mol. The van der Waals surface area contributed by atoms with Gasteiger partial charge in [-0.3, -0.25) is 9.59 Å². The summed E-state index contributed by atoms with van der Waals surface area (Å²) in [7, 11) is 4.75. The third-order valence-electron chi connectivity index (χ3n) is 10.9. The van der Waals surface area contributed by atoms with Gasteiger partial charge in [0, 0.05) is 110 Å². The first-order valence-electron chi connectivity index (χ1n) is 21.1. The molecule has 0 saturated carbocycles. The number of alkyl halides is 3. The number of Topliss-reactive ketones (excluding diaryl/α,β-unsaturated/α-hetero) is 1. The average molecular weight is 1110 g/mol. The Morgan fingerprint density at radius 3 is 1.79 bits per heavy atom. The smallest absolute Gasteiger partial charge is 0.333 e. The van der Waals surface area contributed by atoms with Gasteiger partial charge in [-0.25, -0.2) is 19.6 Å². The van der Waals surface area contributed by atoms with E-state index >= 15 is 0 Å². The van der Waals surface area contributed by atoms with Gasteiger partial charge >= 0.3 is 6.55 Å². The molecule has 3 saturated heterocycles. The van der Waals surface area contributed by atoms with E-state index in [-0.39, 0.29) is 11.6 Å². The Kier molecular flexibility index (Phi) is 19.1. The van der Waals surface area contributed by atoms with Crippen LogP contribution in [0.5, 0.6) is 17.2 Å². The first kappa shape index (κ1) is 50.7. The molecule has 0 atom stereocenters. The van der Waals surface area contributed by atoms with Gasteiger partial charge < -0.3 is 48.3 Å². The highest BCUT2D eigenvalue weighted by atomic mass is 79.9. The number of ether oxygens (including phenoxy) is 6. The molecule has 6 aromatic heterocycles. The number of aromatic nitrogens is 7. The molecule has 3 aliphatic heterocycles. The third kappa shape index (κ3) is 13.7. The first-order valence-corrected chi connectivity index (χ1v) is 23.8. The number of nitrogen functional groups attached to an aromatic ring is 1. The standard InChI is InChI=1S/C18H19F2N5O3.C13H15BrN2O2.C7H11BrO2.C6H7BrN2O/c1-27-15-8-12(21-17(26)13-2-5-25(23-13)18(19)20)9-24-10-14(22-16(15)24)11-3-6-28-7-4-11;1-17-12-6-10(14)7-16-8-11(15-13(12)16)9-2-4-18-5-3-9;8-5-7(9)6-1-3-10-4-2-6;1-10-5-2-4(7)3-9-6(5)8/h2,5,8-11,18H,3-4,6-7H2,1H3,(H,21,26);6-9H,2-5H2,1H3;6H,1-5H2;2-3H,1H3,(H2,8,9). The number of hydrogen-bond acceptors (Lipinski definition) is 13. The molecule has 1 amide bonds. The molecule has 22 heteroatoms. The molecular weight excluding hydrogens is 1060 g/mol. The van der Waals surface area contributed by atoms with E-state index in [9.17, 15) is 18.4 Å². The number of imidazole rings is 2. The zero-order valence-electron chi connectivity index (χ0n) is 36.6. The Labute approximate surface area is 405 Å². The Morgan fingerprint density at radius 2 is 1.29 bits per heavy atom. The molecule has 6 aromatic rings. The summed E-state index contributed by atoms with van der Waals surface area (Å²) in [5.41, 5.74) is 9.38. The van der Waals surface area contributed by atoms with Crippen LogP contribution >= 0.6 is 47.8 Å². The fourth-order valence-electron chi connectivity index (χ4n) is 7.37. The number of nitrogens with zero attached hydrogens (tertiary/aromatic N) is 7. The fraction of sp³-hybridized carbons (Fsp3) is 0.455. The van der Waals surface area contributed by atoms with Crippen LogP contribution in [-0.4, -0.2) is 112 Å². The van der Waals surface area contributed by atoms with Gasteiger partial charge in [-0.05, 0) is 88.6 Å². The van der Waals surface area contributed by atoms with Crippen LogP contribution < -0.4 is 25.3 Å². The van der Waals surface area contributed by atoms with Crippen LogP contribution in [-0.2, 0) is 19.0 Å². The van der Waals surface area contributed by atoms with E-state index in [0.29, 0.717) is 69.5 Å². The van der Waals surface area contributed by atoms with Gasteiger partial charge in [-0.1, -0.05) is 15.9 Å². The second-order valence-electron chi connectivity index (χ2n) is 15.2. The number of halogens is 5. The number of methoxy groups -OCH3 is 3. The van der Waals surface area contributed by atoms with Gasteiger partial charge in [0.1, 0.15) is 5.78 Å². The number of ketones is 1. The molecule has 0 aromatic carbocycles. The van der Waals surface area contributed by atoms with E-state index in [1.54, 1.807) is 43.1 Å². The molecular formula is C44H52Br3F2N9O8. The molecule has 3 fully saturated rings. The number of hydrogen-bond donors (Lipinski definition) is 2. The van der Waals surface area contributed by atoms with Crippen LogP contribution in [0.15, 0.2) is 70.4 Å². The van der Waals surface area contributed by atoms with Crippen molar-refractivity contribution in [3.8, 4) is 17.2 Å². The SMILES string of the molecule is COc1cc(Br)cn2cc(C3CCOCC3)nc12.COc1cc(Br)cnc1N.COc1cc(NC(=O)c2ccn(C(F)F)n2)cn2cc(C3CCOCC3)nc12.O=C(CBr)C1CCOCC1. The number of pyridine rings is 3. The van der Waals surface area contributed by atoms with Crippen molar-refractivity contribution < 1.29 is 46.8 Å². The van der Waals surface area contributed by atoms with Crippen molar-refractivity contribution >= 4 is 82.3 Å². The molecule has 17 nitrogen and oxygen atoms in total. The molecule has 0 spiro atoms. The number of rotatable bonds is 10. The van der Waals surface area contributed by atoms with Crippen LogP contribution in [0.2, 0.25) is 0 Å². The second kappa shape index (κ2) is 24.9. The van der Waals surface area contributed by atoms with Crippen molar-refractivity contribution in [2.24, 2.45) is 5.92 Å². The summed E-state index contributed by atoms with van der Waals surface area (Å²) in [5, 5.41) is 6.72. The average Bonchev–Trinajstić information content (AvgIpc) is 4.13. The molecule has 0 radical (unpaired) electrons. The quantitative estimate of drug-likeness (QED) is 0.124. The Balaban J connectivity index is 0.000000161. The summed E-state index contributed by atoms with van der Waals surface area (Å²) in [6, 6.07) is 6.58. The lowest BCUT2D eigenvalue weighted by Gasteiger charge is -2.19. The minimum absolute atomic E-state index is 0.104. The maximum Gasteiger partial charge on any atom is 0.333 e. The molecule has 3 N–H and O–H groups in total. The monoisotopic (exact) mass is 1110 g/mol. The van der Waals surface area contributed by atoms with E-state index in [1.165, 1.54) is 13.2 Å². The molecule has 0 bridgehead atoms. The largest absolute Gasteiger partial charge is 0.493 e. The van der Waals surface area contributed by atoms with Crippen LogP contribution in [0.1, 0.15) is 78.8 Å². The van der Waals surface area contributed by atoms with Crippen molar-refractivity contribution in [3.63, 3.8) is 0 Å². The molecule has 9 heterocycles. The lowest BCUT2D eigenvalue weighted by atomic mass is 9.97. The molecule has 356 valence electrons. The van der Waals surface area contributed by atoms with Crippen LogP contribution in [0.4, 0.5) is 20.3 Å². The van der Waals surface area contributed by atoms with Crippen molar-refractivity contribution in [2.45, 2.75) is 56.9 Å². The summed E-state index contributed by atoms with van der Waals surface area (Å²) < 4.78 is 63.0. The lowest BCUT2D eigenvalue weighted by Crippen LogP contribution is -2.23. The Morgan fingerprint density at radius 1 is 0.773 bits per heavy atom. The fourth-order valence-corrected chi connectivity index (χ4v) is 8.57. The van der Waals surface area contributed by atoms with Crippen molar-refractivity contribution in [2.75, 3.05) is 77.4 Å². The lowest BCUT2D eigenvalue weighted by molar-refractivity contribution is -0.122. The number of amides is 1. The maximum atomic E-state index is 12.6. The highest BCUT2D eigenvalue weighted by Gasteiger charge is 2.23. The molecule has 0 unspecified atom stereocenters. The summed E-state index contributed by atoms with van der Waals surface area (Å²) in [6.45, 7) is 1.79. The first-order chi connectivity index (χ1) is 31.9. The summed E-state index contributed by atoms with van der Waals surface area (Å²) in [4.78, 5) is 36.6. The van der Waals surface area contributed by atoms with Gasteiger partial charge in [0.25, 0.3) is 5.91 Å². The van der Waals surface area contributed by atoms with E-state index < -0.39 is 12.5 Å². The van der Waals surface area contributed by atoms with Gasteiger partial charge in [0.15, 0.2) is 40.1 Å². The number of carbonyl (C=O) groups excluding carboxylic acids is 2. The van der Waals surface area contributed by atoms with Crippen molar-refractivity contribution in [1.82, 2.24) is 33.5 Å². The Bertz CT molecular complexity index is 2520. The van der Waals surface area contributed by atoms with Gasteiger partial charge in [-0.15, -0.1) is 0 Å². The van der Waals surface area contributed by atoms with Gasteiger partial charge in [0.2, 0.25) is 0 Å². The zero-order valence-corrected chi connectivity index (χ0v) is 41.4. The van der Waals surface area contributed by atoms with E-state index in [0.717, 1.165) is 103 Å². The second-order valence-corrected chi connectivity index (χ2v) is 17.6. The Hall–Kier alpha value is -4.74. The number of carbonyl (C=O) groups is 2. The zero-order chi connectivity index (χ0) is 47.2. The van der Waals surface area contributed by atoms with Crippen LogP contribution in [0.3, 0.4) is 0 Å². The molecule has 0 aliphatic carbocycles. The summed E-state index contributed by atoms with van der Waals surface area (Å²) in [5.74, 6) is 3.09. The van der Waals surface area contributed by atoms with E-state index in [1.807, 2.05) is 22.9 Å². The van der Waals surface area contributed by atoms with Gasteiger partial charge in [0.05, 0.1) is 43.7 Å². The number of fused-ring (bicyclic) bond motifs is 2. The normalized spacial score (nSPS) is 15.8. The molecule has 9 rings (SSSR count). The minimum atomic E-state index is -2.80. The number of anilines is 2. The van der Waals surface area contributed by atoms with Gasteiger partial charge in [-0.2, -0.15) is 13.9 Å². The summed E-state index contributed by atoms with van der Waals surface area (Å²) in [6.07, 6.45) is 16.1. The van der Waals surface area contributed by atoms with Crippen LogP contribution in [0.25, 0.3) is 11.3 Å². The number of nitrogens with two attached hydrogens (primary N) is 1. The third-order valence-corrected chi connectivity index (χ3v) is 12.4. The highest BCUT2D eigenvalue weighted by molar-refractivity contribution is 9.10. The predicted octanol–water partition coefficient (Wildman–Crippen LogP) is 8.89. The van der Waals surface area contributed by atoms with E-state index in [4.69, 9.17) is 39.1 Å². The van der Waals surface area contributed by atoms with Crippen molar-refractivity contribution in [1.29, 1.82) is 0 Å². The minimum Gasteiger partial charge on any atom is -0.493 e. The van der Waals surface area contributed by atoms with Crippen molar-refractivity contribution in [3.05, 3.63) is 87.5 Å². The molecule has 66 heavy (non-hydrogen) atoms. The highest BCUT2D eigenvalue weighted by Crippen LogP contribution is 2.32. The number of nitrogens with one attached hydrogen (secondary N) is 1. The van der Waals surface area contributed by atoms with Crippen LogP contribution in [0, 0.1) is 5.92 Å².